The molecule has 0 saturated carbocycles. The number of fused-ring (bicyclic) bond motifs is 1. The first kappa shape index (κ1) is 9.25. The second-order valence-corrected chi connectivity index (χ2v) is 4.15. The van der Waals surface area contributed by atoms with Crippen molar-refractivity contribution >= 4 is 40.3 Å². The molecule has 0 bridgehead atoms. The largest absolute Gasteiger partial charge is 0.298 e. The number of rotatable bonds is 1. The van der Waals surface area contributed by atoms with Gasteiger partial charge in [-0.15, -0.1) is 24.0 Å². The monoisotopic (exact) mass is 219 g/mol. The van der Waals surface area contributed by atoms with Gasteiger partial charge < -0.3 is 0 Å². The van der Waals surface area contributed by atoms with E-state index in [1.165, 1.54) is 11.3 Å². The van der Waals surface area contributed by atoms with E-state index in [-0.39, 0.29) is 0 Å². The van der Waals surface area contributed by atoms with Crippen molar-refractivity contribution in [3.05, 3.63) is 28.6 Å². The van der Waals surface area contributed by atoms with Crippen LogP contribution in [0.4, 0.5) is 0 Å². The Hall–Kier alpha value is -1.31. The van der Waals surface area contributed by atoms with Crippen molar-refractivity contribution in [1.82, 2.24) is 0 Å². The first-order chi connectivity index (χ1) is 6.77. The summed E-state index contributed by atoms with van der Waals surface area (Å²) in [6.45, 7) is 0. The molecule has 1 heterocycles. The molecule has 0 saturated heterocycles. The molecular weight excluding hydrogens is 214 g/mol. The van der Waals surface area contributed by atoms with Gasteiger partial charge in [-0.25, -0.2) is 0 Å². The molecule has 0 aliphatic heterocycles. The number of hydrogen-bond donors (Lipinski definition) is 1. The summed E-state index contributed by atoms with van der Waals surface area (Å²) in [7, 11) is 0. The lowest BCUT2D eigenvalue weighted by atomic mass is 10.1. The molecule has 0 radical (unpaired) electrons. The van der Waals surface area contributed by atoms with Crippen molar-refractivity contribution in [3.8, 4) is 6.07 Å². The highest BCUT2D eigenvalue weighted by atomic mass is 32.1. The van der Waals surface area contributed by atoms with Gasteiger partial charge in [-0.3, -0.25) is 4.79 Å². The normalized spacial score (nSPS) is 10.0. The number of thiophene rings is 1. The van der Waals surface area contributed by atoms with Crippen molar-refractivity contribution in [2.45, 2.75) is 4.90 Å². The quantitative estimate of drug-likeness (QED) is 0.592. The molecule has 0 aliphatic carbocycles. The van der Waals surface area contributed by atoms with Crippen molar-refractivity contribution in [3.63, 3.8) is 0 Å². The highest BCUT2D eigenvalue weighted by molar-refractivity contribution is 7.80. The summed E-state index contributed by atoms with van der Waals surface area (Å²) < 4.78 is 0.946. The number of thiol groups is 1. The lowest BCUT2D eigenvalue weighted by Crippen LogP contribution is -1.83. The van der Waals surface area contributed by atoms with Gasteiger partial charge >= 0.3 is 0 Å². The Morgan fingerprint density at radius 2 is 2.29 bits per heavy atom. The van der Waals surface area contributed by atoms with E-state index in [0.29, 0.717) is 16.0 Å². The van der Waals surface area contributed by atoms with E-state index in [0.717, 1.165) is 16.4 Å². The van der Waals surface area contributed by atoms with Gasteiger partial charge in [0.15, 0.2) is 6.29 Å². The fraction of sp³-hybridized carbons (Fsp3) is 0. The number of benzene rings is 1. The Balaban J connectivity index is 2.97. The van der Waals surface area contributed by atoms with E-state index in [1.807, 2.05) is 6.07 Å². The maximum Gasteiger partial charge on any atom is 0.151 e. The standard InChI is InChI=1S/C10H5NOS2/c11-3-7-8(13)1-2-9-10(7)6(4-12)5-14-9/h1-2,4-5,13H. The van der Waals surface area contributed by atoms with E-state index < -0.39 is 0 Å². The number of carbonyl (C=O) groups excluding carboxylic acids is 1. The van der Waals surface area contributed by atoms with Crippen molar-refractivity contribution in [2.24, 2.45) is 0 Å². The topological polar surface area (TPSA) is 40.9 Å². The predicted molar refractivity (Wildman–Crippen MR) is 59.2 cm³/mol. The third-order valence-electron chi connectivity index (χ3n) is 1.99. The SMILES string of the molecule is N#Cc1c(S)ccc2scc(C=O)c12. The van der Waals surface area contributed by atoms with Crippen LogP contribution in [0.3, 0.4) is 0 Å². The molecule has 0 N–H and O–H groups in total. The van der Waals surface area contributed by atoms with Gasteiger partial charge in [0.1, 0.15) is 6.07 Å². The van der Waals surface area contributed by atoms with E-state index in [9.17, 15) is 4.79 Å². The van der Waals surface area contributed by atoms with Crippen LogP contribution in [-0.4, -0.2) is 6.29 Å². The third-order valence-corrected chi connectivity index (χ3v) is 3.32. The summed E-state index contributed by atoms with van der Waals surface area (Å²) in [6, 6.07) is 5.71. The Bertz CT molecular complexity index is 551. The Kier molecular flexibility index (Phi) is 2.28. The molecule has 0 spiro atoms. The first-order valence-electron chi connectivity index (χ1n) is 3.86. The Morgan fingerprint density at radius 1 is 1.50 bits per heavy atom. The van der Waals surface area contributed by atoms with Gasteiger partial charge in [-0.2, -0.15) is 5.26 Å². The number of nitriles is 1. The second kappa shape index (κ2) is 3.45. The minimum Gasteiger partial charge on any atom is -0.298 e. The van der Waals surface area contributed by atoms with Crippen LogP contribution < -0.4 is 0 Å². The molecule has 0 amide bonds. The van der Waals surface area contributed by atoms with E-state index in [4.69, 9.17) is 5.26 Å². The van der Waals surface area contributed by atoms with E-state index >= 15 is 0 Å². The maximum absolute atomic E-state index is 10.7. The summed E-state index contributed by atoms with van der Waals surface area (Å²) in [6.07, 6.45) is 0.771. The fourth-order valence-corrected chi connectivity index (χ4v) is 2.49. The van der Waals surface area contributed by atoms with Gasteiger partial charge in [0.05, 0.1) is 5.56 Å². The van der Waals surface area contributed by atoms with Crippen LogP contribution >= 0.6 is 24.0 Å². The van der Waals surface area contributed by atoms with Gasteiger partial charge in [-0.1, -0.05) is 0 Å². The van der Waals surface area contributed by atoms with Gasteiger partial charge in [0.25, 0.3) is 0 Å². The number of carbonyl (C=O) groups is 1. The summed E-state index contributed by atoms with van der Waals surface area (Å²) in [4.78, 5) is 11.3. The molecule has 0 atom stereocenters. The van der Waals surface area contributed by atoms with Crippen LogP contribution in [0.2, 0.25) is 0 Å². The zero-order valence-electron chi connectivity index (χ0n) is 7.02. The molecule has 14 heavy (non-hydrogen) atoms. The third kappa shape index (κ3) is 1.22. The van der Waals surface area contributed by atoms with Crippen LogP contribution in [0, 0.1) is 11.3 Å². The molecule has 2 nitrogen and oxygen atoms in total. The summed E-state index contributed by atoms with van der Waals surface area (Å²) in [5.74, 6) is 0. The zero-order chi connectivity index (χ0) is 10.1. The van der Waals surface area contributed by atoms with E-state index in [2.05, 4.69) is 18.7 Å². The van der Waals surface area contributed by atoms with Gasteiger partial charge in [0.2, 0.25) is 0 Å². The molecule has 68 valence electrons. The number of aldehydes is 1. The minimum atomic E-state index is 0.481. The first-order valence-corrected chi connectivity index (χ1v) is 5.19. The average molecular weight is 219 g/mol. The molecule has 2 rings (SSSR count). The molecule has 0 unspecified atom stereocenters. The molecule has 1 aromatic carbocycles. The highest BCUT2D eigenvalue weighted by Crippen LogP contribution is 2.31. The van der Waals surface area contributed by atoms with Crippen LogP contribution in [0.25, 0.3) is 10.1 Å². The Labute approximate surface area is 90.2 Å². The van der Waals surface area contributed by atoms with Crippen LogP contribution in [-0.2, 0) is 0 Å². The second-order valence-electron chi connectivity index (χ2n) is 2.75. The lowest BCUT2D eigenvalue weighted by molar-refractivity contribution is 0.112. The zero-order valence-corrected chi connectivity index (χ0v) is 8.73. The molecule has 0 aliphatic rings. The van der Waals surface area contributed by atoms with Gasteiger partial charge in [0, 0.05) is 25.9 Å². The number of nitrogens with zero attached hydrogens (tertiary/aromatic N) is 1. The maximum atomic E-state index is 10.7. The van der Waals surface area contributed by atoms with Gasteiger partial charge in [-0.05, 0) is 12.1 Å². The summed E-state index contributed by atoms with van der Waals surface area (Å²) >= 11 is 5.64. The molecule has 0 fully saturated rings. The van der Waals surface area contributed by atoms with Crippen LogP contribution in [0.15, 0.2) is 22.4 Å². The van der Waals surface area contributed by atoms with Crippen LogP contribution in [0.1, 0.15) is 15.9 Å². The smallest absolute Gasteiger partial charge is 0.151 e. The van der Waals surface area contributed by atoms with Crippen molar-refractivity contribution in [2.75, 3.05) is 0 Å². The summed E-state index contributed by atoms with van der Waals surface area (Å²) in [5.41, 5.74) is 1.05. The highest BCUT2D eigenvalue weighted by Gasteiger charge is 2.10. The van der Waals surface area contributed by atoms with Crippen molar-refractivity contribution < 1.29 is 4.79 Å². The molecule has 2 aromatic rings. The average Bonchev–Trinajstić information content (AvgIpc) is 2.61. The predicted octanol–water partition coefficient (Wildman–Crippen LogP) is 2.87. The fourth-order valence-electron chi connectivity index (χ4n) is 1.34. The molecule has 4 heteroatoms. The Morgan fingerprint density at radius 3 is 2.93 bits per heavy atom. The minimum absolute atomic E-state index is 0.481. The van der Waals surface area contributed by atoms with E-state index in [1.54, 1.807) is 11.4 Å². The van der Waals surface area contributed by atoms with Crippen LogP contribution in [0.5, 0.6) is 0 Å². The van der Waals surface area contributed by atoms with Crippen molar-refractivity contribution in [1.29, 1.82) is 5.26 Å². The molecular formula is C10H5NOS2. The lowest BCUT2D eigenvalue weighted by Gasteiger charge is -1.98. The number of hydrogen-bond acceptors (Lipinski definition) is 4. The summed E-state index contributed by atoms with van der Waals surface area (Å²) in [5, 5.41) is 11.4. The molecule has 1 aromatic heterocycles.